The Kier molecular flexibility index (Phi) is 1.89. The fourth-order valence-electron chi connectivity index (χ4n) is 1.32. The number of hydrogen-bond donors (Lipinski definition) is 1. The molecule has 0 amide bonds. The molecule has 14 heavy (non-hydrogen) atoms. The highest BCUT2D eigenvalue weighted by atomic mass is 16.5. The first-order valence-electron chi connectivity index (χ1n) is 4.01. The molecule has 0 aliphatic carbocycles. The summed E-state index contributed by atoms with van der Waals surface area (Å²) in [4.78, 5) is 11.3. The highest BCUT2D eigenvalue weighted by Gasteiger charge is 2.14. The van der Waals surface area contributed by atoms with Gasteiger partial charge in [-0.05, 0) is 18.2 Å². The van der Waals surface area contributed by atoms with Crippen LogP contribution in [0.1, 0.15) is 10.4 Å². The standard InChI is InChI=1S/C10H8O4/c1-13-10(12)7-2-3-8(11)6-4-5-14-9(6)7/h2-5,11H,1H3. The van der Waals surface area contributed by atoms with Crippen LogP contribution in [0.3, 0.4) is 0 Å². The smallest absolute Gasteiger partial charge is 0.341 e. The number of carbonyl (C=O) groups is 1. The van der Waals surface area contributed by atoms with Crippen LogP contribution in [-0.4, -0.2) is 18.2 Å². The Morgan fingerprint density at radius 2 is 2.21 bits per heavy atom. The summed E-state index contributed by atoms with van der Waals surface area (Å²) in [5, 5.41) is 9.93. The molecule has 0 radical (unpaired) electrons. The van der Waals surface area contributed by atoms with E-state index in [9.17, 15) is 9.90 Å². The molecule has 1 aromatic heterocycles. The van der Waals surface area contributed by atoms with E-state index in [4.69, 9.17) is 4.42 Å². The third-order valence-corrected chi connectivity index (χ3v) is 2.00. The molecule has 72 valence electrons. The lowest BCUT2D eigenvalue weighted by molar-refractivity contribution is 0.0602. The Morgan fingerprint density at radius 3 is 2.93 bits per heavy atom. The molecule has 0 aliphatic heterocycles. The molecule has 1 aromatic carbocycles. The normalized spacial score (nSPS) is 10.4. The molecule has 2 rings (SSSR count). The molecule has 1 N–H and O–H groups in total. The van der Waals surface area contributed by atoms with Gasteiger partial charge >= 0.3 is 5.97 Å². The van der Waals surface area contributed by atoms with Gasteiger partial charge in [0.1, 0.15) is 11.3 Å². The van der Waals surface area contributed by atoms with Crippen molar-refractivity contribution >= 4 is 16.9 Å². The number of fused-ring (bicyclic) bond motifs is 1. The van der Waals surface area contributed by atoms with Gasteiger partial charge in [-0.3, -0.25) is 0 Å². The van der Waals surface area contributed by atoms with Gasteiger partial charge in [0.2, 0.25) is 0 Å². The lowest BCUT2D eigenvalue weighted by Crippen LogP contribution is -2.00. The van der Waals surface area contributed by atoms with Gasteiger partial charge in [0.05, 0.1) is 18.8 Å². The number of aromatic hydroxyl groups is 1. The zero-order valence-electron chi connectivity index (χ0n) is 7.48. The summed E-state index contributed by atoms with van der Waals surface area (Å²) < 4.78 is 9.67. The van der Waals surface area contributed by atoms with Crippen LogP contribution in [0.15, 0.2) is 28.9 Å². The number of furan rings is 1. The largest absolute Gasteiger partial charge is 0.507 e. The number of hydrogen-bond acceptors (Lipinski definition) is 4. The molecular weight excluding hydrogens is 184 g/mol. The SMILES string of the molecule is COC(=O)c1ccc(O)c2ccoc12. The first-order valence-corrected chi connectivity index (χ1v) is 4.01. The summed E-state index contributed by atoms with van der Waals surface area (Å²) >= 11 is 0. The van der Waals surface area contributed by atoms with Gasteiger partial charge in [-0.25, -0.2) is 4.79 Å². The Hall–Kier alpha value is -1.97. The van der Waals surface area contributed by atoms with Crippen molar-refractivity contribution in [1.29, 1.82) is 0 Å². The number of phenolic OH excluding ortho intramolecular Hbond substituents is 1. The lowest BCUT2D eigenvalue weighted by Gasteiger charge is -2.00. The highest BCUT2D eigenvalue weighted by Crippen LogP contribution is 2.28. The van der Waals surface area contributed by atoms with E-state index in [1.807, 2.05) is 0 Å². The molecule has 4 heteroatoms. The predicted octanol–water partition coefficient (Wildman–Crippen LogP) is 1.93. The monoisotopic (exact) mass is 192 g/mol. The minimum Gasteiger partial charge on any atom is -0.507 e. The molecule has 1 heterocycles. The third-order valence-electron chi connectivity index (χ3n) is 2.00. The average molecular weight is 192 g/mol. The van der Waals surface area contributed by atoms with E-state index in [-0.39, 0.29) is 5.75 Å². The van der Waals surface area contributed by atoms with E-state index in [1.165, 1.54) is 25.5 Å². The van der Waals surface area contributed by atoms with Crippen molar-refractivity contribution in [3.63, 3.8) is 0 Å². The van der Waals surface area contributed by atoms with Crippen LogP contribution in [0, 0.1) is 0 Å². The topological polar surface area (TPSA) is 59.7 Å². The zero-order valence-corrected chi connectivity index (χ0v) is 7.48. The Balaban J connectivity index is 2.72. The van der Waals surface area contributed by atoms with Gasteiger partial charge < -0.3 is 14.3 Å². The van der Waals surface area contributed by atoms with E-state index >= 15 is 0 Å². The van der Waals surface area contributed by atoms with Crippen molar-refractivity contribution in [2.75, 3.05) is 7.11 Å². The predicted molar refractivity (Wildman–Crippen MR) is 49.2 cm³/mol. The van der Waals surface area contributed by atoms with E-state index < -0.39 is 5.97 Å². The maximum atomic E-state index is 11.3. The van der Waals surface area contributed by atoms with E-state index in [1.54, 1.807) is 6.07 Å². The van der Waals surface area contributed by atoms with Crippen molar-refractivity contribution in [2.24, 2.45) is 0 Å². The minimum atomic E-state index is -0.482. The lowest BCUT2D eigenvalue weighted by atomic mass is 10.1. The maximum Gasteiger partial charge on any atom is 0.341 e. The van der Waals surface area contributed by atoms with E-state index in [0.29, 0.717) is 16.5 Å². The Labute approximate surface area is 79.7 Å². The van der Waals surface area contributed by atoms with Crippen molar-refractivity contribution in [3.8, 4) is 5.75 Å². The summed E-state index contributed by atoms with van der Waals surface area (Å²) in [6.45, 7) is 0. The van der Waals surface area contributed by atoms with Gasteiger partial charge in [-0.2, -0.15) is 0 Å². The Morgan fingerprint density at radius 1 is 1.43 bits per heavy atom. The number of esters is 1. The number of phenols is 1. The molecule has 0 unspecified atom stereocenters. The van der Waals surface area contributed by atoms with Crippen LogP contribution >= 0.6 is 0 Å². The van der Waals surface area contributed by atoms with Crippen LogP contribution in [0.4, 0.5) is 0 Å². The molecule has 0 fully saturated rings. The number of benzene rings is 1. The molecule has 2 aromatic rings. The van der Waals surface area contributed by atoms with Gasteiger partial charge in [0, 0.05) is 0 Å². The molecular formula is C10H8O4. The Bertz CT molecular complexity index is 484. The van der Waals surface area contributed by atoms with Crippen LogP contribution in [-0.2, 0) is 4.74 Å². The van der Waals surface area contributed by atoms with Crippen molar-refractivity contribution in [2.45, 2.75) is 0 Å². The summed E-state index contributed by atoms with van der Waals surface area (Å²) in [6, 6.07) is 4.49. The van der Waals surface area contributed by atoms with E-state index in [0.717, 1.165) is 0 Å². The number of methoxy groups -OCH3 is 1. The summed E-state index contributed by atoms with van der Waals surface area (Å²) in [6.07, 6.45) is 1.41. The second-order valence-corrected chi connectivity index (χ2v) is 2.79. The number of carbonyl (C=O) groups excluding carboxylic acids is 1. The van der Waals surface area contributed by atoms with Crippen molar-refractivity contribution in [1.82, 2.24) is 0 Å². The second kappa shape index (κ2) is 3.06. The number of ether oxygens (including phenoxy) is 1. The number of rotatable bonds is 1. The molecule has 0 bridgehead atoms. The van der Waals surface area contributed by atoms with Gasteiger partial charge in [0.25, 0.3) is 0 Å². The average Bonchev–Trinajstić information content (AvgIpc) is 2.67. The quantitative estimate of drug-likeness (QED) is 0.701. The van der Waals surface area contributed by atoms with Gasteiger partial charge in [0.15, 0.2) is 5.58 Å². The molecule has 0 spiro atoms. The molecule has 0 atom stereocenters. The summed E-state index contributed by atoms with van der Waals surface area (Å²) in [5.74, 6) is -0.397. The van der Waals surface area contributed by atoms with Crippen molar-refractivity contribution in [3.05, 3.63) is 30.0 Å². The van der Waals surface area contributed by atoms with Gasteiger partial charge in [-0.15, -0.1) is 0 Å². The van der Waals surface area contributed by atoms with Crippen molar-refractivity contribution < 1.29 is 19.1 Å². The third kappa shape index (κ3) is 1.12. The molecule has 0 saturated heterocycles. The van der Waals surface area contributed by atoms with E-state index in [2.05, 4.69) is 4.74 Å². The van der Waals surface area contributed by atoms with Crippen LogP contribution in [0.25, 0.3) is 11.0 Å². The first-order chi connectivity index (χ1) is 6.74. The fourth-order valence-corrected chi connectivity index (χ4v) is 1.32. The van der Waals surface area contributed by atoms with Crippen LogP contribution < -0.4 is 0 Å². The summed E-state index contributed by atoms with van der Waals surface area (Å²) in [7, 11) is 1.30. The molecule has 0 aliphatic rings. The van der Waals surface area contributed by atoms with Crippen LogP contribution in [0.5, 0.6) is 5.75 Å². The fraction of sp³-hybridized carbons (Fsp3) is 0.100. The highest BCUT2D eigenvalue weighted by molar-refractivity contribution is 6.03. The molecule has 0 saturated carbocycles. The first kappa shape index (κ1) is 8.62. The minimum absolute atomic E-state index is 0.0846. The van der Waals surface area contributed by atoms with Crippen LogP contribution in [0.2, 0.25) is 0 Å². The zero-order chi connectivity index (χ0) is 10.1. The maximum absolute atomic E-state index is 11.3. The summed E-state index contributed by atoms with van der Waals surface area (Å²) in [5.41, 5.74) is 0.655. The van der Waals surface area contributed by atoms with Gasteiger partial charge in [-0.1, -0.05) is 0 Å². The molecule has 4 nitrogen and oxygen atoms in total. The second-order valence-electron chi connectivity index (χ2n) is 2.79.